The second-order valence-electron chi connectivity index (χ2n) is 7.13. The molecule has 4 heterocycles. The second kappa shape index (κ2) is 7.09. The van der Waals surface area contributed by atoms with E-state index in [0.29, 0.717) is 19.1 Å². The third kappa shape index (κ3) is 3.03. The fraction of sp³-hybridized carbons (Fsp3) is 0.286. The number of para-hydroxylation sites is 1. The second-order valence-corrected chi connectivity index (χ2v) is 7.13. The molecule has 1 aromatic carbocycles. The highest BCUT2D eigenvalue weighted by molar-refractivity contribution is 5.54. The maximum Gasteiger partial charge on any atom is 0.159 e. The van der Waals surface area contributed by atoms with E-state index in [1.807, 2.05) is 66.5 Å². The Labute approximate surface area is 162 Å². The molecule has 28 heavy (non-hydrogen) atoms. The van der Waals surface area contributed by atoms with Crippen LogP contribution in [0.2, 0.25) is 0 Å². The Kier molecular flexibility index (Phi) is 4.29. The van der Waals surface area contributed by atoms with Crippen LogP contribution in [0.4, 0.5) is 0 Å². The molecule has 0 bridgehead atoms. The molecule has 2 atom stereocenters. The zero-order valence-electron chi connectivity index (χ0n) is 15.6. The average Bonchev–Trinajstić information content (AvgIpc) is 3.49. The van der Waals surface area contributed by atoms with E-state index >= 15 is 0 Å². The molecule has 0 radical (unpaired) electrons. The van der Waals surface area contributed by atoms with Gasteiger partial charge >= 0.3 is 0 Å². The van der Waals surface area contributed by atoms with Gasteiger partial charge in [0.05, 0.1) is 36.8 Å². The van der Waals surface area contributed by atoms with Crippen molar-refractivity contribution in [2.24, 2.45) is 5.92 Å². The molecule has 1 aliphatic heterocycles. The van der Waals surface area contributed by atoms with Crippen LogP contribution in [0.1, 0.15) is 17.5 Å². The molecular formula is C21H21N5O2. The lowest BCUT2D eigenvalue weighted by molar-refractivity contribution is 0.180. The van der Waals surface area contributed by atoms with Crippen molar-refractivity contribution in [3.8, 4) is 17.2 Å². The van der Waals surface area contributed by atoms with Gasteiger partial charge in [0.25, 0.3) is 0 Å². The van der Waals surface area contributed by atoms with E-state index < -0.39 is 0 Å². The molecule has 0 aliphatic carbocycles. The van der Waals surface area contributed by atoms with Crippen LogP contribution >= 0.6 is 0 Å². The predicted octanol–water partition coefficient (Wildman–Crippen LogP) is 3.46. The van der Waals surface area contributed by atoms with E-state index in [0.717, 1.165) is 35.1 Å². The summed E-state index contributed by atoms with van der Waals surface area (Å²) in [7, 11) is 0. The average molecular weight is 375 g/mol. The topological polar surface area (TPSA) is 70.9 Å². The molecule has 5 rings (SSSR count). The Balaban J connectivity index is 1.48. The van der Waals surface area contributed by atoms with Crippen molar-refractivity contribution in [1.82, 2.24) is 24.5 Å². The number of imidazole rings is 1. The van der Waals surface area contributed by atoms with E-state index in [9.17, 15) is 0 Å². The molecule has 1 fully saturated rings. The maximum absolute atomic E-state index is 5.83. The summed E-state index contributed by atoms with van der Waals surface area (Å²) in [4.78, 5) is 4.65. The number of aryl methyl sites for hydroxylation is 1. The normalized spacial score (nSPS) is 19.3. The number of nitrogens with zero attached hydrogens (tertiary/aromatic N) is 5. The number of hydrogen-bond donors (Lipinski definition) is 0. The van der Waals surface area contributed by atoms with Gasteiger partial charge in [0, 0.05) is 30.8 Å². The molecule has 3 aromatic heterocycles. The van der Waals surface area contributed by atoms with Crippen molar-refractivity contribution in [2.75, 3.05) is 13.2 Å². The minimum absolute atomic E-state index is 0.182. The highest BCUT2D eigenvalue weighted by Crippen LogP contribution is 2.33. The number of ether oxygens (including phenoxy) is 1. The third-order valence-corrected chi connectivity index (χ3v) is 5.20. The van der Waals surface area contributed by atoms with Crippen LogP contribution in [0, 0.1) is 12.8 Å². The summed E-state index contributed by atoms with van der Waals surface area (Å²) < 4.78 is 15.4. The van der Waals surface area contributed by atoms with Crippen LogP contribution in [0.25, 0.3) is 17.2 Å². The van der Waals surface area contributed by atoms with Crippen molar-refractivity contribution < 1.29 is 9.26 Å². The van der Waals surface area contributed by atoms with Gasteiger partial charge in [-0.3, -0.25) is 0 Å². The molecule has 4 aromatic rings. The molecule has 0 unspecified atom stereocenters. The van der Waals surface area contributed by atoms with Crippen LogP contribution in [-0.4, -0.2) is 37.7 Å². The summed E-state index contributed by atoms with van der Waals surface area (Å²) >= 11 is 0. The van der Waals surface area contributed by atoms with Gasteiger partial charge in [0.1, 0.15) is 11.5 Å². The quantitative estimate of drug-likeness (QED) is 0.534. The third-order valence-electron chi connectivity index (χ3n) is 5.20. The Hall–Kier alpha value is -3.19. The van der Waals surface area contributed by atoms with Crippen molar-refractivity contribution >= 4 is 0 Å². The molecule has 1 aliphatic rings. The fourth-order valence-electron chi connectivity index (χ4n) is 3.89. The Morgan fingerprint density at radius 3 is 2.82 bits per heavy atom. The van der Waals surface area contributed by atoms with Crippen LogP contribution in [0.15, 0.2) is 65.6 Å². The van der Waals surface area contributed by atoms with Gasteiger partial charge in [-0.05, 0) is 25.1 Å². The van der Waals surface area contributed by atoms with Crippen LogP contribution < -0.4 is 0 Å². The largest absolute Gasteiger partial charge is 0.379 e. The fourth-order valence-corrected chi connectivity index (χ4v) is 3.89. The molecule has 7 nitrogen and oxygen atoms in total. The van der Waals surface area contributed by atoms with Gasteiger partial charge in [0.2, 0.25) is 0 Å². The summed E-state index contributed by atoms with van der Waals surface area (Å²) in [5.74, 6) is 2.08. The number of aromatic nitrogens is 5. The lowest BCUT2D eigenvalue weighted by atomic mass is 9.98. The van der Waals surface area contributed by atoms with Gasteiger partial charge in [-0.2, -0.15) is 5.10 Å². The van der Waals surface area contributed by atoms with Crippen LogP contribution in [0.3, 0.4) is 0 Å². The predicted molar refractivity (Wildman–Crippen MR) is 103 cm³/mol. The van der Waals surface area contributed by atoms with Crippen LogP contribution in [-0.2, 0) is 11.2 Å². The molecule has 1 saturated heterocycles. The number of rotatable bonds is 5. The Morgan fingerprint density at radius 2 is 2.00 bits per heavy atom. The lowest BCUT2D eigenvalue weighted by Gasteiger charge is -2.20. The van der Waals surface area contributed by atoms with Crippen molar-refractivity contribution in [3.63, 3.8) is 0 Å². The van der Waals surface area contributed by atoms with E-state index in [4.69, 9.17) is 9.26 Å². The molecule has 142 valence electrons. The zero-order chi connectivity index (χ0) is 18.9. The summed E-state index contributed by atoms with van der Waals surface area (Å²) in [6.07, 6.45) is 6.46. The zero-order valence-corrected chi connectivity index (χ0v) is 15.6. The molecule has 0 saturated carbocycles. The Morgan fingerprint density at radius 1 is 1.11 bits per heavy atom. The first-order valence-corrected chi connectivity index (χ1v) is 9.42. The van der Waals surface area contributed by atoms with Crippen molar-refractivity contribution in [2.45, 2.75) is 19.4 Å². The minimum Gasteiger partial charge on any atom is -0.379 e. The van der Waals surface area contributed by atoms with Crippen molar-refractivity contribution in [1.29, 1.82) is 0 Å². The maximum atomic E-state index is 5.83. The van der Waals surface area contributed by atoms with E-state index in [-0.39, 0.29) is 6.04 Å². The first-order chi connectivity index (χ1) is 13.8. The monoisotopic (exact) mass is 375 g/mol. The first-order valence-electron chi connectivity index (χ1n) is 9.42. The van der Waals surface area contributed by atoms with Gasteiger partial charge in [-0.25, -0.2) is 9.67 Å². The summed E-state index contributed by atoms with van der Waals surface area (Å²) in [5.41, 5.74) is 2.87. The number of hydrogen-bond acceptors (Lipinski definition) is 5. The van der Waals surface area contributed by atoms with E-state index in [1.54, 1.807) is 6.20 Å². The lowest BCUT2D eigenvalue weighted by Crippen LogP contribution is -2.20. The van der Waals surface area contributed by atoms with Crippen LogP contribution in [0.5, 0.6) is 0 Å². The summed E-state index contributed by atoms with van der Waals surface area (Å²) in [5, 5.41) is 8.51. The standard InChI is InChI=1S/C21H21N5O2/c1-15-11-18(28-24-15)12-16-13-27-14-20(16)25-10-9-22-21(25)19-7-8-23-26(19)17-5-3-2-4-6-17/h2-11,16,20H,12-14H2,1H3/t16-,20+/m1/s1. The Bertz CT molecular complexity index is 1070. The molecular weight excluding hydrogens is 354 g/mol. The van der Waals surface area contributed by atoms with Gasteiger partial charge in [-0.15, -0.1) is 0 Å². The van der Waals surface area contributed by atoms with E-state index in [2.05, 4.69) is 19.8 Å². The van der Waals surface area contributed by atoms with E-state index in [1.165, 1.54) is 0 Å². The highest BCUT2D eigenvalue weighted by Gasteiger charge is 2.32. The van der Waals surface area contributed by atoms with Gasteiger partial charge in [-0.1, -0.05) is 23.4 Å². The molecule has 0 spiro atoms. The van der Waals surface area contributed by atoms with Gasteiger partial charge < -0.3 is 13.8 Å². The molecule has 7 heteroatoms. The smallest absolute Gasteiger partial charge is 0.159 e. The number of benzene rings is 1. The highest BCUT2D eigenvalue weighted by atomic mass is 16.5. The summed E-state index contributed by atoms with van der Waals surface area (Å²) in [6, 6.07) is 14.3. The molecule has 0 amide bonds. The molecule has 0 N–H and O–H groups in total. The first kappa shape index (κ1) is 16.9. The SMILES string of the molecule is Cc1cc(C[C@@H]2COC[C@@H]2n2ccnc2-c2ccnn2-c2ccccc2)on1. The van der Waals surface area contributed by atoms with Gasteiger partial charge in [0.15, 0.2) is 5.82 Å². The minimum atomic E-state index is 0.182. The summed E-state index contributed by atoms with van der Waals surface area (Å²) in [6.45, 7) is 3.29. The van der Waals surface area contributed by atoms with Crippen molar-refractivity contribution in [3.05, 3.63) is 72.5 Å².